The first kappa shape index (κ1) is 21.4. The molecular formula is C22H23FN4O5. The van der Waals surface area contributed by atoms with Crippen molar-refractivity contribution in [3.05, 3.63) is 59.9 Å². The minimum Gasteiger partial charge on any atom is -0.445 e. The van der Waals surface area contributed by atoms with Crippen molar-refractivity contribution in [2.45, 2.75) is 12.7 Å². The Labute approximate surface area is 184 Å². The highest BCUT2D eigenvalue weighted by molar-refractivity contribution is 5.95. The molecule has 2 N–H and O–H groups in total. The summed E-state index contributed by atoms with van der Waals surface area (Å²) in [4.78, 5) is 40.1. The Kier molecular flexibility index (Phi) is 6.11. The fourth-order valence-electron chi connectivity index (χ4n) is 3.68. The third-order valence-electron chi connectivity index (χ3n) is 5.46. The number of anilines is 2. The molecule has 0 spiro atoms. The average molecular weight is 442 g/mol. The van der Waals surface area contributed by atoms with E-state index in [0.717, 1.165) is 5.56 Å². The van der Waals surface area contributed by atoms with Gasteiger partial charge in [-0.3, -0.25) is 9.69 Å². The topological polar surface area (TPSA) is 105 Å². The van der Waals surface area contributed by atoms with Crippen molar-refractivity contribution in [1.29, 1.82) is 0 Å². The van der Waals surface area contributed by atoms with Crippen molar-refractivity contribution in [1.82, 2.24) is 4.90 Å². The van der Waals surface area contributed by atoms with Gasteiger partial charge in [0, 0.05) is 26.2 Å². The number of piperazine rings is 1. The minimum absolute atomic E-state index is 0.0588. The average Bonchev–Trinajstić information content (AvgIpc) is 3.20. The molecular weight excluding hydrogens is 419 g/mol. The first-order chi connectivity index (χ1) is 15.4. The molecule has 0 aromatic heterocycles. The maximum Gasteiger partial charge on any atom is 0.415 e. The van der Waals surface area contributed by atoms with E-state index in [1.807, 2.05) is 35.2 Å². The third kappa shape index (κ3) is 4.58. The molecule has 2 fully saturated rings. The Balaban J connectivity index is 1.33. The number of hydrogen-bond acceptors (Lipinski definition) is 6. The molecule has 2 aliphatic rings. The standard InChI is InChI=1S/C22H23FN4O5/c23-17-12-16(27-13-19(20(24)28)32-22(27)30)6-7-18(17)25-8-10-26(11-9-25)21(29)31-14-15-4-2-1-3-5-15/h1-7,12,19H,8-11,13-14H2,(H2,24,28)/t19-/m1/s1. The zero-order chi connectivity index (χ0) is 22.7. The molecule has 2 heterocycles. The quantitative estimate of drug-likeness (QED) is 0.760. The molecule has 1 atom stereocenters. The summed E-state index contributed by atoms with van der Waals surface area (Å²) >= 11 is 0. The van der Waals surface area contributed by atoms with Crippen LogP contribution < -0.4 is 15.5 Å². The molecule has 2 aromatic rings. The van der Waals surface area contributed by atoms with Gasteiger partial charge in [0.25, 0.3) is 5.91 Å². The number of rotatable bonds is 5. The van der Waals surface area contributed by atoms with Gasteiger partial charge in [-0.15, -0.1) is 0 Å². The molecule has 10 heteroatoms. The van der Waals surface area contributed by atoms with E-state index >= 15 is 0 Å². The number of primary amides is 1. The van der Waals surface area contributed by atoms with Crippen LogP contribution in [-0.2, 0) is 20.9 Å². The van der Waals surface area contributed by atoms with Crippen LogP contribution in [0.5, 0.6) is 0 Å². The van der Waals surface area contributed by atoms with Crippen molar-refractivity contribution in [3.63, 3.8) is 0 Å². The fraction of sp³-hybridized carbons (Fsp3) is 0.318. The third-order valence-corrected chi connectivity index (χ3v) is 5.46. The number of cyclic esters (lactones) is 1. The van der Waals surface area contributed by atoms with Gasteiger partial charge in [0.15, 0.2) is 6.10 Å². The van der Waals surface area contributed by atoms with Gasteiger partial charge in [-0.2, -0.15) is 0 Å². The largest absolute Gasteiger partial charge is 0.445 e. The number of amides is 3. The maximum atomic E-state index is 14.8. The Morgan fingerprint density at radius 1 is 1.09 bits per heavy atom. The molecule has 32 heavy (non-hydrogen) atoms. The Hall–Kier alpha value is -3.82. The first-order valence-electron chi connectivity index (χ1n) is 10.2. The van der Waals surface area contributed by atoms with Crippen LogP contribution in [0.3, 0.4) is 0 Å². The van der Waals surface area contributed by atoms with Gasteiger partial charge in [-0.1, -0.05) is 30.3 Å². The van der Waals surface area contributed by atoms with E-state index in [1.54, 1.807) is 17.0 Å². The van der Waals surface area contributed by atoms with E-state index in [1.165, 1.54) is 11.0 Å². The summed E-state index contributed by atoms with van der Waals surface area (Å²) in [6.45, 7) is 1.81. The van der Waals surface area contributed by atoms with Crippen LogP contribution in [0.1, 0.15) is 5.56 Å². The highest BCUT2D eigenvalue weighted by Gasteiger charge is 2.36. The van der Waals surface area contributed by atoms with E-state index in [9.17, 15) is 18.8 Å². The highest BCUT2D eigenvalue weighted by atomic mass is 19.1. The van der Waals surface area contributed by atoms with Gasteiger partial charge in [-0.25, -0.2) is 14.0 Å². The van der Waals surface area contributed by atoms with Gasteiger partial charge >= 0.3 is 12.2 Å². The lowest BCUT2D eigenvalue weighted by molar-refractivity contribution is -0.124. The summed E-state index contributed by atoms with van der Waals surface area (Å²) in [6.07, 6.45) is -2.20. The summed E-state index contributed by atoms with van der Waals surface area (Å²) < 4.78 is 25.1. The van der Waals surface area contributed by atoms with Crippen LogP contribution in [0.4, 0.5) is 25.4 Å². The summed E-state index contributed by atoms with van der Waals surface area (Å²) in [5.41, 5.74) is 6.73. The molecule has 168 valence electrons. The fourth-order valence-corrected chi connectivity index (χ4v) is 3.68. The van der Waals surface area contributed by atoms with E-state index in [2.05, 4.69) is 0 Å². The smallest absolute Gasteiger partial charge is 0.415 e. The Morgan fingerprint density at radius 3 is 2.44 bits per heavy atom. The van der Waals surface area contributed by atoms with Gasteiger partial charge < -0.3 is 25.0 Å². The van der Waals surface area contributed by atoms with Crippen LogP contribution in [0.15, 0.2) is 48.5 Å². The van der Waals surface area contributed by atoms with Crippen molar-refractivity contribution >= 4 is 29.5 Å². The predicted octanol–water partition coefficient (Wildman–Crippen LogP) is 2.09. The van der Waals surface area contributed by atoms with Gasteiger partial charge in [0.1, 0.15) is 12.4 Å². The Bertz CT molecular complexity index is 1010. The minimum atomic E-state index is -1.06. The maximum absolute atomic E-state index is 14.8. The van der Waals surface area contributed by atoms with Crippen molar-refractivity contribution < 1.29 is 28.2 Å². The second-order valence-corrected chi connectivity index (χ2v) is 7.54. The Morgan fingerprint density at radius 2 is 1.81 bits per heavy atom. The molecule has 3 amide bonds. The number of nitrogens with two attached hydrogens (primary N) is 1. The van der Waals surface area contributed by atoms with Crippen molar-refractivity contribution in [3.8, 4) is 0 Å². The van der Waals surface area contributed by atoms with Crippen LogP contribution in [0.2, 0.25) is 0 Å². The summed E-state index contributed by atoms with van der Waals surface area (Å²) in [5.74, 6) is -1.27. The number of carbonyl (C=O) groups excluding carboxylic acids is 3. The van der Waals surface area contributed by atoms with E-state index < -0.39 is 30.0 Å². The number of hydrogen-bond donors (Lipinski definition) is 1. The van der Waals surface area contributed by atoms with Crippen LogP contribution in [-0.4, -0.2) is 61.8 Å². The lowest BCUT2D eigenvalue weighted by Gasteiger charge is -2.35. The monoisotopic (exact) mass is 442 g/mol. The number of benzene rings is 2. The zero-order valence-corrected chi connectivity index (χ0v) is 17.3. The molecule has 0 saturated carbocycles. The van der Waals surface area contributed by atoms with Gasteiger partial charge in [0.05, 0.1) is 17.9 Å². The molecule has 9 nitrogen and oxygen atoms in total. The second-order valence-electron chi connectivity index (χ2n) is 7.54. The molecule has 4 rings (SSSR count). The van der Waals surface area contributed by atoms with Crippen LogP contribution in [0.25, 0.3) is 0 Å². The molecule has 0 unspecified atom stereocenters. The highest BCUT2D eigenvalue weighted by Crippen LogP contribution is 2.28. The lowest BCUT2D eigenvalue weighted by Crippen LogP contribution is -2.49. The van der Waals surface area contributed by atoms with E-state index in [4.69, 9.17) is 15.2 Å². The number of ether oxygens (including phenoxy) is 2. The summed E-state index contributed by atoms with van der Waals surface area (Å²) in [7, 11) is 0. The molecule has 0 bridgehead atoms. The van der Waals surface area contributed by atoms with Gasteiger partial charge in [-0.05, 0) is 23.8 Å². The van der Waals surface area contributed by atoms with E-state index in [-0.39, 0.29) is 18.8 Å². The van der Waals surface area contributed by atoms with Gasteiger partial charge in [0.2, 0.25) is 0 Å². The number of nitrogens with zero attached hydrogens (tertiary/aromatic N) is 3. The van der Waals surface area contributed by atoms with Crippen molar-refractivity contribution in [2.75, 3.05) is 42.5 Å². The lowest BCUT2D eigenvalue weighted by atomic mass is 10.2. The van der Waals surface area contributed by atoms with Crippen LogP contribution >= 0.6 is 0 Å². The first-order valence-corrected chi connectivity index (χ1v) is 10.2. The molecule has 0 radical (unpaired) electrons. The molecule has 2 aliphatic heterocycles. The molecule has 2 aromatic carbocycles. The number of carbonyl (C=O) groups is 3. The molecule has 0 aliphatic carbocycles. The zero-order valence-electron chi connectivity index (χ0n) is 17.3. The predicted molar refractivity (Wildman–Crippen MR) is 114 cm³/mol. The summed E-state index contributed by atoms with van der Waals surface area (Å²) in [5, 5.41) is 0. The number of halogens is 1. The van der Waals surface area contributed by atoms with Crippen LogP contribution in [0, 0.1) is 5.82 Å². The van der Waals surface area contributed by atoms with E-state index in [0.29, 0.717) is 31.9 Å². The van der Waals surface area contributed by atoms with Crippen molar-refractivity contribution in [2.24, 2.45) is 5.73 Å². The normalized spacial score (nSPS) is 18.5. The molecule has 2 saturated heterocycles. The summed E-state index contributed by atoms with van der Waals surface area (Å²) in [6, 6.07) is 13.8. The SMILES string of the molecule is NC(=O)[C@H]1CN(c2ccc(N3CCN(C(=O)OCc4ccccc4)CC3)c(F)c2)C(=O)O1. The second kappa shape index (κ2) is 9.13.